The summed E-state index contributed by atoms with van der Waals surface area (Å²) in [6, 6.07) is 7.88. The van der Waals surface area contributed by atoms with Crippen molar-refractivity contribution in [3.05, 3.63) is 41.0 Å². The molecule has 3 N–H and O–H groups in total. The number of carbonyl (C=O) groups is 1. The zero-order valence-corrected chi connectivity index (χ0v) is 13.6. The molecule has 0 aliphatic heterocycles. The fourth-order valence-corrected chi connectivity index (χ4v) is 2.54. The lowest BCUT2D eigenvalue weighted by atomic mass is 10.1. The number of anilines is 3. The monoisotopic (exact) mass is 311 g/mol. The molecule has 2 amide bonds. The summed E-state index contributed by atoms with van der Waals surface area (Å²) in [7, 11) is 0. The van der Waals surface area contributed by atoms with Gasteiger partial charge in [0, 0.05) is 11.7 Å². The molecular weight excluding hydrogens is 290 g/mol. The number of amides is 2. The Hall–Kier alpha value is -2.63. The van der Waals surface area contributed by atoms with Crippen molar-refractivity contribution in [2.75, 3.05) is 10.6 Å². The maximum atomic E-state index is 11.7. The standard InChI is InChI=1S/C17H21N5O/c1-10-8-11(2)16(12(3)9-10)19-14-6-7-15(22-21-14)20-17(23)18-13-4-5-13/h6-9,13H,4-5H2,1-3H3,(H,19,21)(H2,18,20,22,23). The van der Waals surface area contributed by atoms with E-state index >= 15 is 0 Å². The zero-order chi connectivity index (χ0) is 16.4. The average Bonchev–Trinajstić information content (AvgIpc) is 3.28. The van der Waals surface area contributed by atoms with Crippen LogP contribution in [0.5, 0.6) is 0 Å². The Kier molecular flexibility index (Phi) is 4.14. The summed E-state index contributed by atoms with van der Waals surface area (Å²) in [5, 5.41) is 17.0. The molecule has 6 nitrogen and oxygen atoms in total. The Morgan fingerprint density at radius 3 is 2.22 bits per heavy atom. The Labute approximate surface area is 135 Å². The van der Waals surface area contributed by atoms with Crippen LogP contribution in [0.25, 0.3) is 0 Å². The molecule has 120 valence electrons. The molecule has 1 aromatic carbocycles. The van der Waals surface area contributed by atoms with E-state index in [9.17, 15) is 4.79 Å². The summed E-state index contributed by atoms with van der Waals surface area (Å²) in [6.07, 6.45) is 2.11. The summed E-state index contributed by atoms with van der Waals surface area (Å²) in [4.78, 5) is 11.7. The number of carbonyl (C=O) groups excluding carboxylic acids is 1. The molecule has 0 bridgehead atoms. The van der Waals surface area contributed by atoms with Gasteiger partial charge in [0.2, 0.25) is 0 Å². The van der Waals surface area contributed by atoms with Crippen molar-refractivity contribution in [1.82, 2.24) is 15.5 Å². The number of benzene rings is 1. The fraction of sp³-hybridized carbons (Fsp3) is 0.353. The van der Waals surface area contributed by atoms with Crippen LogP contribution in [0.3, 0.4) is 0 Å². The van der Waals surface area contributed by atoms with Gasteiger partial charge in [-0.15, -0.1) is 10.2 Å². The molecule has 3 rings (SSSR count). The molecule has 0 unspecified atom stereocenters. The van der Waals surface area contributed by atoms with E-state index in [2.05, 4.69) is 59.1 Å². The molecule has 0 spiro atoms. The number of nitrogens with one attached hydrogen (secondary N) is 3. The lowest BCUT2D eigenvalue weighted by Gasteiger charge is -2.13. The normalized spacial score (nSPS) is 13.5. The minimum Gasteiger partial charge on any atom is -0.338 e. The van der Waals surface area contributed by atoms with E-state index in [1.807, 2.05) is 0 Å². The topological polar surface area (TPSA) is 78.9 Å². The first kappa shape index (κ1) is 15.3. The van der Waals surface area contributed by atoms with E-state index in [1.54, 1.807) is 12.1 Å². The van der Waals surface area contributed by atoms with Crippen molar-refractivity contribution in [2.24, 2.45) is 0 Å². The Bertz CT molecular complexity index is 699. The minimum absolute atomic E-state index is 0.229. The van der Waals surface area contributed by atoms with Crippen LogP contribution >= 0.6 is 0 Å². The van der Waals surface area contributed by atoms with Crippen molar-refractivity contribution in [3.63, 3.8) is 0 Å². The molecule has 1 fully saturated rings. The highest BCUT2D eigenvalue weighted by molar-refractivity contribution is 5.88. The van der Waals surface area contributed by atoms with Crippen molar-refractivity contribution < 1.29 is 4.79 Å². The number of urea groups is 1. The van der Waals surface area contributed by atoms with E-state index in [-0.39, 0.29) is 6.03 Å². The second-order valence-corrected chi connectivity index (χ2v) is 6.08. The van der Waals surface area contributed by atoms with Crippen LogP contribution in [0.1, 0.15) is 29.5 Å². The largest absolute Gasteiger partial charge is 0.338 e. The van der Waals surface area contributed by atoms with Gasteiger partial charge < -0.3 is 10.6 Å². The fourth-order valence-electron chi connectivity index (χ4n) is 2.54. The number of aryl methyl sites for hydroxylation is 3. The van der Waals surface area contributed by atoms with Crippen molar-refractivity contribution in [3.8, 4) is 0 Å². The van der Waals surface area contributed by atoms with Gasteiger partial charge in [0.1, 0.15) is 0 Å². The Balaban J connectivity index is 1.66. The Morgan fingerprint density at radius 1 is 1.04 bits per heavy atom. The highest BCUT2D eigenvalue weighted by atomic mass is 16.2. The van der Waals surface area contributed by atoms with Crippen LogP contribution in [0.2, 0.25) is 0 Å². The molecule has 6 heteroatoms. The third-order valence-corrected chi connectivity index (χ3v) is 3.75. The number of nitrogens with zero attached hydrogens (tertiary/aromatic N) is 2. The predicted molar refractivity (Wildman–Crippen MR) is 91.1 cm³/mol. The zero-order valence-electron chi connectivity index (χ0n) is 13.6. The highest BCUT2D eigenvalue weighted by Gasteiger charge is 2.23. The van der Waals surface area contributed by atoms with Gasteiger partial charge in [0.15, 0.2) is 11.6 Å². The van der Waals surface area contributed by atoms with Gasteiger partial charge in [-0.05, 0) is 56.9 Å². The van der Waals surface area contributed by atoms with E-state index in [4.69, 9.17) is 0 Å². The predicted octanol–water partition coefficient (Wildman–Crippen LogP) is 3.43. The van der Waals surface area contributed by atoms with Gasteiger partial charge in [-0.1, -0.05) is 17.7 Å². The maximum absolute atomic E-state index is 11.7. The number of hydrogen-bond acceptors (Lipinski definition) is 4. The lowest BCUT2D eigenvalue weighted by molar-refractivity contribution is 0.251. The summed E-state index contributed by atoms with van der Waals surface area (Å²) in [5.74, 6) is 1.08. The Morgan fingerprint density at radius 2 is 1.65 bits per heavy atom. The first-order valence-electron chi connectivity index (χ1n) is 7.77. The molecular formula is C17H21N5O. The first-order chi connectivity index (χ1) is 11.0. The van der Waals surface area contributed by atoms with Crippen molar-refractivity contribution in [2.45, 2.75) is 39.7 Å². The van der Waals surface area contributed by atoms with Crippen molar-refractivity contribution in [1.29, 1.82) is 0 Å². The number of hydrogen-bond donors (Lipinski definition) is 3. The SMILES string of the molecule is Cc1cc(C)c(Nc2ccc(NC(=O)NC3CC3)nn2)c(C)c1. The molecule has 2 aromatic rings. The molecule has 1 saturated carbocycles. The van der Waals surface area contributed by atoms with Crippen LogP contribution < -0.4 is 16.0 Å². The minimum atomic E-state index is -0.229. The molecule has 1 heterocycles. The maximum Gasteiger partial charge on any atom is 0.320 e. The van der Waals surface area contributed by atoms with E-state index in [0.717, 1.165) is 29.7 Å². The summed E-state index contributed by atoms with van der Waals surface area (Å²) in [6.45, 7) is 6.21. The van der Waals surface area contributed by atoms with Gasteiger partial charge in [-0.3, -0.25) is 5.32 Å². The molecule has 1 aromatic heterocycles. The number of aromatic nitrogens is 2. The van der Waals surface area contributed by atoms with Gasteiger partial charge in [-0.25, -0.2) is 4.79 Å². The van der Waals surface area contributed by atoms with Crippen LogP contribution in [0, 0.1) is 20.8 Å². The number of rotatable bonds is 4. The molecule has 0 atom stereocenters. The first-order valence-corrected chi connectivity index (χ1v) is 7.77. The molecule has 0 saturated heterocycles. The molecule has 1 aliphatic carbocycles. The van der Waals surface area contributed by atoms with Crippen LogP contribution in [0.15, 0.2) is 24.3 Å². The van der Waals surface area contributed by atoms with Crippen LogP contribution in [0.4, 0.5) is 22.1 Å². The second-order valence-electron chi connectivity index (χ2n) is 6.08. The van der Waals surface area contributed by atoms with E-state index in [0.29, 0.717) is 17.7 Å². The van der Waals surface area contributed by atoms with Gasteiger partial charge in [0.25, 0.3) is 0 Å². The van der Waals surface area contributed by atoms with Crippen molar-refractivity contribution >= 4 is 23.4 Å². The van der Waals surface area contributed by atoms with Gasteiger partial charge in [-0.2, -0.15) is 0 Å². The lowest BCUT2D eigenvalue weighted by Crippen LogP contribution is -2.30. The average molecular weight is 311 g/mol. The highest BCUT2D eigenvalue weighted by Crippen LogP contribution is 2.25. The summed E-state index contributed by atoms with van der Waals surface area (Å²) in [5.41, 5.74) is 4.60. The van der Waals surface area contributed by atoms with E-state index < -0.39 is 0 Å². The molecule has 0 radical (unpaired) electrons. The molecule has 23 heavy (non-hydrogen) atoms. The van der Waals surface area contributed by atoms with Crippen LogP contribution in [-0.4, -0.2) is 22.3 Å². The van der Waals surface area contributed by atoms with E-state index in [1.165, 1.54) is 5.56 Å². The summed E-state index contributed by atoms with van der Waals surface area (Å²) < 4.78 is 0. The van der Waals surface area contributed by atoms with Gasteiger partial charge >= 0.3 is 6.03 Å². The third-order valence-electron chi connectivity index (χ3n) is 3.75. The summed E-state index contributed by atoms with van der Waals surface area (Å²) >= 11 is 0. The van der Waals surface area contributed by atoms with Gasteiger partial charge in [0.05, 0.1) is 0 Å². The molecule has 1 aliphatic rings. The second kappa shape index (κ2) is 6.24. The smallest absolute Gasteiger partial charge is 0.320 e. The quantitative estimate of drug-likeness (QED) is 0.808. The van der Waals surface area contributed by atoms with Crippen LogP contribution in [-0.2, 0) is 0 Å². The third kappa shape index (κ3) is 3.97.